The first-order chi connectivity index (χ1) is 12.8. The Labute approximate surface area is 173 Å². The van der Waals surface area contributed by atoms with Gasteiger partial charge in [0.25, 0.3) is 0 Å². The molecular formula is C20H21Cl2N3OS. The first-order valence-corrected chi connectivity index (χ1v) is 10.3. The topological polar surface area (TPSA) is 39.9 Å². The van der Waals surface area contributed by atoms with Crippen LogP contribution < -0.4 is 4.74 Å². The molecule has 3 aromatic rings. The Morgan fingerprint density at radius 2 is 1.74 bits per heavy atom. The molecule has 0 saturated heterocycles. The van der Waals surface area contributed by atoms with E-state index in [1.165, 1.54) is 11.1 Å². The van der Waals surface area contributed by atoms with Gasteiger partial charge in [0, 0.05) is 12.8 Å². The molecule has 0 N–H and O–H groups in total. The fraction of sp³-hybridized carbons (Fsp3) is 0.300. The Balaban J connectivity index is 1.69. The number of halogens is 2. The summed E-state index contributed by atoms with van der Waals surface area (Å²) < 4.78 is 8.05. The standard InChI is InChI=1S/C20H21Cl2N3OS/c1-12-7-13(2)9-16(8-12)26-14(3)19-23-24-20(25(19)4)27-11-15-5-6-17(21)18(22)10-15/h5-10,14H,11H2,1-4H3. The zero-order chi connectivity index (χ0) is 19.6. The number of thioether (sulfide) groups is 1. The highest BCUT2D eigenvalue weighted by Gasteiger charge is 2.17. The Morgan fingerprint density at radius 1 is 1.04 bits per heavy atom. The molecule has 0 bridgehead atoms. The number of aromatic nitrogens is 3. The molecular weight excluding hydrogens is 401 g/mol. The largest absolute Gasteiger partial charge is 0.483 e. The monoisotopic (exact) mass is 421 g/mol. The number of rotatable bonds is 6. The summed E-state index contributed by atoms with van der Waals surface area (Å²) in [6, 6.07) is 11.8. The van der Waals surface area contributed by atoms with Crippen molar-refractivity contribution >= 4 is 35.0 Å². The number of ether oxygens (including phenoxy) is 1. The molecule has 0 aliphatic carbocycles. The molecule has 0 spiro atoms. The van der Waals surface area contributed by atoms with E-state index < -0.39 is 0 Å². The van der Waals surface area contributed by atoms with Crippen molar-refractivity contribution in [2.45, 2.75) is 37.8 Å². The van der Waals surface area contributed by atoms with Crippen LogP contribution in [0.5, 0.6) is 5.75 Å². The molecule has 1 unspecified atom stereocenters. The maximum Gasteiger partial charge on any atom is 0.191 e. The average molecular weight is 422 g/mol. The van der Waals surface area contributed by atoms with Gasteiger partial charge in [0.2, 0.25) is 0 Å². The van der Waals surface area contributed by atoms with E-state index in [-0.39, 0.29) is 6.10 Å². The van der Waals surface area contributed by atoms with Crippen LogP contribution >= 0.6 is 35.0 Å². The predicted octanol–water partition coefficient (Wildman–Crippen LogP) is 6.17. The van der Waals surface area contributed by atoms with Crippen LogP contribution in [-0.2, 0) is 12.8 Å². The highest BCUT2D eigenvalue weighted by Crippen LogP contribution is 2.29. The van der Waals surface area contributed by atoms with Crippen molar-refractivity contribution in [3.8, 4) is 5.75 Å². The molecule has 0 amide bonds. The first-order valence-electron chi connectivity index (χ1n) is 8.54. The van der Waals surface area contributed by atoms with E-state index in [0.717, 1.165) is 28.0 Å². The summed E-state index contributed by atoms with van der Waals surface area (Å²) in [4.78, 5) is 0. The van der Waals surface area contributed by atoms with Crippen LogP contribution in [0, 0.1) is 13.8 Å². The van der Waals surface area contributed by atoms with Crippen molar-refractivity contribution in [1.82, 2.24) is 14.8 Å². The summed E-state index contributed by atoms with van der Waals surface area (Å²) in [5, 5.41) is 10.6. The van der Waals surface area contributed by atoms with Crippen molar-refractivity contribution in [3.05, 3.63) is 69.0 Å². The van der Waals surface area contributed by atoms with E-state index in [1.807, 2.05) is 48.9 Å². The predicted molar refractivity (Wildman–Crippen MR) is 112 cm³/mol. The van der Waals surface area contributed by atoms with Crippen molar-refractivity contribution in [1.29, 1.82) is 0 Å². The minimum atomic E-state index is -0.206. The van der Waals surface area contributed by atoms with Gasteiger partial charge in [-0.25, -0.2) is 0 Å². The average Bonchev–Trinajstić information content (AvgIpc) is 2.96. The lowest BCUT2D eigenvalue weighted by molar-refractivity contribution is 0.211. The normalized spacial score (nSPS) is 12.2. The summed E-state index contributed by atoms with van der Waals surface area (Å²) in [7, 11) is 1.95. The number of hydrogen-bond donors (Lipinski definition) is 0. The highest BCUT2D eigenvalue weighted by molar-refractivity contribution is 7.98. The smallest absolute Gasteiger partial charge is 0.191 e. The van der Waals surface area contributed by atoms with Crippen molar-refractivity contribution in [2.75, 3.05) is 0 Å². The zero-order valence-electron chi connectivity index (χ0n) is 15.7. The Morgan fingerprint density at radius 3 is 2.41 bits per heavy atom. The molecule has 1 heterocycles. The molecule has 1 atom stereocenters. The van der Waals surface area contributed by atoms with E-state index in [2.05, 4.69) is 30.1 Å². The van der Waals surface area contributed by atoms with Gasteiger partial charge in [0.15, 0.2) is 17.1 Å². The Hall–Kier alpha value is -1.69. The van der Waals surface area contributed by atoms with Crippen molar-refractivity contribution in [2.24, 2.45) is 7.05 Å². The molecule has 0 aliphatic rings. The molecule has 4 nitrogen and oxygen atoms in total. The second-order valence-electron chi connectivity index (χ2n) is 6.52. The van der Waals surface area contributed by atoms with E-state index in [4.69, 9.17) is 27.9 Å². The van der Waals surface area contributed by atoms with Gasteiger partial charge in [-0.15, -0.1) is 10.2 Å². The van der Waals surface area contributed by atoms with E-state index in [9.17, 15) is 0 Å². The molecule has 27 heavy (non-hydrogen) atoms. The number of hydrogen-bond acceptors (Lipinski definition) is 4. The van der Waals surface area contributed by atoms with Crippen LogP contribution in [0.25, 0.3) is 0 Å². The van der Waals surface area contributed by atoms with Gasteiger partial charge >= 0.3 is 0 Å². The molecule has 0 aliphatic heterocycles. The lowest BCUT2D eigenvalue weighted by Crippen LogP contribution is -2.10. The lowest BCUT2D eigenvalue weighted by atomic mass is 10.1. The summed E-state index contributed by atoms with van der Waals surface area (Å²) in [5.74, 6) is 2.36. The summed E-state index contributed by atoms with van der Waals surface area (Å²) in [6.07, 6.45) is -0.206. The van der Waals surface area contributed by atoms with Crippen LogP contribution in [0.4, 0.5) is 0 Å². The molecule has 0 saturated carbocycles. The van der Waals surface area contributed by atoms with E-state index in [0.29, 0.717) is 10.0 Å². The minimum Gasteiger partial charge on any atom is -0.483 e. The van der Waals surface area contributed by atoms with Crippen LogP contribution in [0.1, 0.15) is 35.5 Å². The fourth-order valence-corrected chi connectivity index (χ4v) is 4.02. The van der Waals surface area contributed by atoms with Gasteiger partial charge in [-0.3, -0.25) is 0 Å². The van der Waals surface area contributed by atoms with Crippen LogP contribution in [0.2, 0.25) is 10.0 Å². The summed E-state index contributed by atoms with van der Waals surface area (Å²) in [6.45, 7) is 6.10. The quantitative estimate of drug-likeness (QED) is 0.446. The number of aryl methyl sites for hydroxylation is 2. The van der Waals surface area contributed by atoms with E-state index in [1.54, 1.807) is 11.8 Å². The van der Waals surface area contributed by atoms with Crippen molar-refractivity contribution in [3.63, 3.8) is 0 Å². The third-order valence-electron chi connectivity index (χ3n) is 4.09. The molecule has 0 fully saturated rings. The molecule has 3 rings (SSSR count). The summed E-state index contributed by atoms with van der Waals surface area (Å²) >= 11 is 13.6. The number of benzene rings is 2. The zero-order valence-corrected chi connectivity index (χ0v) is 18.0. The summed E-state index contributed by atoms with van der Waals surface area (Å²) in [5.41, 5.74) is 3.43. The third kappa shape index (κ3) is 4.98. The Kier molecular flexibility index (Phi) is 6.35. The van der Waals surface area contributed by atoms with Crippen LogP contribution in [0.3, 0.4) is 0 Å². The first kappa shape index (κ1) is 20.1. The SMILES string of the molecule is Cc1cc(C)cc(OC(C)c2nnc(SCc3ccc(Cl)c(Cl)c3)n2C)c1. The van der Waals surface area contributed by atoms with E-state index >= 15 is 0 Å². The minimum absolute atomic E-state index is 0.206. The maximum absolute atomic E-state index is 6.08. The molecule has 7 heteroatoms. The van der Waals surface area contributed by atoms with Gasteiger partial charge in [0.1, 0.15) is 5.75 Å². The lowest BCUT2D eigenvalue weighted by Gasteiger charge is -2.15. The second kappa shape index (κ2) is 8.55. The third-order valence-corrected chi connectivity index (χ3v) is 5.92. The van der Waals surface area contributed by atoms with Crippen LogP contribution in [-0.4, -0.2) is 14.8 Å². The Bertz CT molecular complexity index is 938. The van der Waals surface area contributed by atoms with Gasteiger partial charge < -0.3 is 9.30 Å². The second-order valence-corrected chi connectivity index (χ2v) is 8.28. The van der Waals surface area contributed by atoms with Crippen LogP contribution in [0.15, 0.2) is 41.6 Å². The number of nitrogens with zero attached hydrogens (tertiary/aromatic N) is 3. The highest BCUT2D eigenvalue weighted by atomic mass is 35.5. The van der Waals surface area contributed by atoms with Gasteiger partial charge in [-0.2, -0.15) is 0 Å². The molecule has 0 radical (unpaired) electrons. The van der Waals surface area contributed by atoms with Gasteiger partial charge in [-0.05, 0) is 61.7 Å². The maximum atomic E-state index is 6.08. The molecule has 1 aromatic heterocycles. The van der Waals surface area contributed by atoms with Gasteiger partial charge in [0.05, 0.1) is 10.0 Å². The van der Waals surface area contributed by atoms with Gasteiger partial charge in [-0.1, -0.05) is 47.1 Å². The fourth-order valence-electron chi connectivity index (χ4n) is 2.84. The molecule has 142 valence electrons. The van der Waals surface area contributed by atoms with Crippen molar-refractivity contribution < 1.29 is 4.74 Å². The molecule has 2 aromatic carbocycles.